The van der Waals surface area contributed by atoms with Crippen molar-refractivity contribution in [1.82, 2.24) is 5.32 Å². The summed E-state index contributed by atoms with van der Waals surface area (Å²) in [5, 5.41) is 11.4. The molecule has 0 bridgehead atoms. The molecular formula is C29H34N5O2+. The van der Waals surface area contributed by atoms with Gasteiger partial charge in [-0.25, -0.2) is 4.59 Å². The Morgan fingerprint density at radius 3 is 2.03 bits per heavy atom. The van der Waals surface area contributed by atoms with Crippen LogP contribution in [0.15, 0.2) is 90.0 Å². The van der Waals surface area contributed by atoms with Crippen molar-refractivity contribution >= 4 is 28.9 Å². The SMILES string of the molecule is CC[N+](C)(CC)N(c1ccccc1)C1(NC(C)=O)C(=O)N(c2ccccc2)N=C1c1ccc(C)cc1. The van der Waals surface area contributed by atoms with E-state index < -0.39 is 5.66 Å². The number of para-hydroxylation sites is 2. The molecular weight excluding hydrogens is 450 g/mol. The van der Waals surface area contributed by atoms with Crippen LogP contribution in [0.3, 0.4) is 0 Å². The molecule has 0 saturated heterocycles. The van der Waals surface area contributed by atoms with Crippen LogP contribution >= 0.6 is 0 Å². The van der Waals surface area contributed by atoms with Crippen LogP contribution in [0.4, 0.5) is 11.4 Å². The number of hydrazone groups is 1. The van der Waals surface area contributed by atoms with Gasteiger partial charge in [-0.2, -0.15) is 15.1 Å². The third-order valence-electron chi connectivity index (χ3n) is 6.89. The Bertz CT molecular complexity index is 1250. The average Bonchev–Trinajstić information content (AvgIpc) is 3.17. The summed E-state index contributed by atoms with van der Waals surface area (Å²) in [6, 6.07) is 27.0. The van der Waals surface area contributed by atoms with Crippen LogP contribution in [0.5, 0.6) is 0 Å². The van der Waals surface area contributed by atoms with Gasteiger partial charge in [-0.1, -0.05) is 66.2 Å². The van der Waals surface area contributed by atoms with Crippen LogP contribution in [0.25, 0.3) is 0 Å². The molecule has 0 saturated carbocycles. The number of nitrogens with zero attached hydrogens (tertiary/aromatic N) is 4. The van der Waals surface area contributed by atoms with Gasteiger partial charge in [-0.3, -0.25) is 9.59 Å². The highest BCUT2D eigenvalue weighted by Gasteiger charge is 2.62. The standard InChI is InChI=1S/C29H33N5O2/c1-6-34(5,7-2)33(26-16-12-9-13-17-26)29(30-23(4)35)27(24-20-18-22(3)19-21-24)31-32(28(29)36)25-14-10-8-11-15-25/h8-21H,6-7H2,1-5H3/p+1. The lowest BCUT2D eigenvalue weighted by Gasteiger charge is -2.50. The number of aryl methyl sites for hydroxylation is 1. The molecule has 1 aliphatic rings. The molecule has 7 heteroatoms. The molecule has 7 nitrogen and oxygen atoms in total. The summed E-state index contributed by atoms with van der Waals surface area (Å²) < 4.78 is 0.365. The molecule has 0 aliphatic carbocycles. The normalized spacial score (nSPS) is 17.6. The van der Waals surface area contributed by atoms with Gasteiger partial charge < -0.3 is 5.32 Å². The lowest BCUT2D eigenvalue weighted by atomic mass is 9.93. The minimum absolute atomic E-state index is 0.322. The second kappa shape index (κ2) is 9.95. The molecule has 3 aromatic rings. The minimum Gasteiger partial charge on any atom is -0.316 e. The van der Waals surface area contributed by atoms with E-state index in [2.05, 4.69) is 26.2 Å². The molecule has 1 atom stereocenters. The predicted octanol–water partition coefficient (Wildman–Crippen LogP) is 4.49. The zero-order valence-electron chi connectivity index (χ0n) is 21.6. The molecule has 1 N–H and O–H groups in total. The third-order valence-corrected chi connectivity index (χ3v) is 6.89. The maximum Gasteiger partial charge on any atom is 0.306 e. The molecule has 0 aromatic heterocycles. The summed E-state index contributed by atoms with van der Waals surface area (Å²) in [5.41, 5.74) is 2.19. The Balaban J connectivity index is 2.08. The first-order valence-electron chi connectivity index (χ1n) is 12.3. The summed E-state index contributed by atoms with van der Waals surface area (Å²) in [6.07, 6.45) is 0. The van der Waals surface area contributed by atoms with E-state index in [0.717, 1.165) is 16.8 Å². The van der Waals surface area contributed by atoms with Crippen molar-refractivity contribution in [3.63, 3.8) is 0 Å². The first-order valence-corrected chi connectivity index (χ1v) is 12.3. The Morgan fingerprint density at radius 2 is 1.50 bits per heavy atom. The maximum atomic E-state index is 14.7. The van der Waals surface area contributed by atoms with Crippen molar-refractivity contribution in [3.05, 3.63) is 96.1 Å². The fourth-order valence-corrected chi connectivity index (χ4v) is 4.72. The lowest BCUT2D eigenvalue weighted by molar-refractivity contribution is -0.917. The summed E-state index contributed by atoms with van der Waals surface area (Å²) >= 11 is 0. The van der Waals surface area contributed by atoms with Crippen molar-refractivity contribution in [2.24, 2.45) is 5.10 Å². The summed E-state index contributed by atoms with van der Waals surface area (Å²) in [4.78, 5) is 27.5. The van der Waals surface area contributed by atoms with Gasteiger partial charge in [-0.15, -0.1) is 0 Å². The Hall–Kier alpha value is -3.97. The van der Waals surface area contributed by atoms with Crippen molar-refractivity contribution in [2.45, 2.75) is 33.4 Å². The first kappa shape index (κ1) is 25.1. The van der Waals surface area contributed by atoms with Crippen molar-refractivity contribution in [2.75, 3.05) is 30.2 Å². The van der Waals surface area contributed by atoms with Gasteiger partial charge in [0.15, 0.2) is 0 Å². The van der Waals surface area contributed by atoms with Gasteiger partial charge in [0.1, 0.15) is 5.71 Å². The van der Waals surface area contributed by atoms with E-state index in [1.54, 1.807) is 0 Å². The highest BCUT2D eigenvalue weighted by molar-refractivity contribution is 6.30. The first-order chi connectivity index (χ1) is 17.3. The fourth-order valence-electron chi connectivity index (χ4n) is 4.72. The van der Waals surface area contributed by atoms with Gasteiger partial charge >= 0.3 is 5.91 Å². The number of anilines is 2. The Morgan fingerprint density at radius 1 is 0.944 bits per heavy atom. The summed E-state index contributed by atoms with van der Waals surface area (Å²) in [7, 11) is 2.07. The van der Waals surface area contributed by atoms with Crippen LogP contribution in [0.1, 0.15) is 31.9 Å². The van der Waals surface area contributed by atoms with Gasteiger partial charge in [0.05, 0.1) is 31.5 Å². The lowest BCUT2D eigenvalue weighted by Crippen LogP contribution is -2.78. The number of rotatable bonds is 8. The summed E-state index contributed by atoms with van der Waals surface area (Å²) in [6.45, 7) is 8.99. The number of carbonyl (C=O) groups is 2. The fraction of sp³-hybridized carbons (Fsp3) is 0.276. The van der Waals surface area contributed by atoms with E-state index in [1.165, 1.54) is 11.9 Å². The predicted molar refractivity (Wildman–Crippen MR) is 144 cm³/mol. The van der Waals surface area contributed by atoms with Crippen LogP contribution in [0, 0.1) is 6.92 Å². The highest BCUT2D eigenvalue weighted by atomic mass is 16.2. The number of benzene rings is 3. The van der Waals surface area contributed by atoms with Crippen LogP contribution < -0.4 is 15.3 Å². The van der Waals surface area contributed by atoms with E-state index in [-0.39, 0.29) is 11.8 Å². The average molecular weight is 485 g/mol. The second-order valence-corrected chi connectivity index (χ2v) is 9.28. The van der Waals surface area contributed by atoms with Crippen LogP contribution in [-0.4, -0.2) is 47.9 Å². The quantitative estimate of drug-likeness (QED) is 0.291. The molecule has 186 valence electrons. The molecule has 0 fully saturated rings. The molecule has 1 heterocycles. The smallest absolute Gasteiger partial charge is 0.306 e. The molecule has 0 radical (unpaired) electrons. The molecule has 36 heavy (non-hydrogen) atoms. The molecule has 0 spiro atoms. The van der Waals surface area contributed by atoms with E-state index in [0.29, 0.717) is 29.1 Å². The monoisotopic (exact) mass is 484 g/mol. The molecule has 3 aromatic carbocycles. The molecule has 4 rings (SSSR count). The van der Waals surface area contributed by atoms with Gasteiger partial charge in [0.2, 0.25) is 5.91 Å². The number of hydrogen-bond acceptors (Lipinski definition) is 4. The highest BCUT2D eigenvalue weighted by Crippen LogP contribution is 2.38. The zero-order chi connectivity index (χ0) is 25.9. The minimum atomic E-state index is -1.58. The van der Waals surface area contributed by atoms with Gasteiger partial charge in [-0.05, 0) is 45.0 Å². The topological polar surface area (TPSA) is 65.0 Å². The van der Waals surface area contributed by atoms with Crippen LogP contribution in [-0.2, 0) is 9.59 Å². The molecule has 1 aliphatic heterocycles. The maximum absolute atomic E-state index is 14.7. The number of carbonyl (C=O) groups excluding carboxylic acids is 2. The van der Waals surface area contributed by atoms with E-state index >= 15 is 0 Å². The second-order valence-electron chi connectivity index (χ2n) is 9.28. The number of nitrogens with one attached hydrogen (secondary N) is 1. The Labute approximate surface area is 213 Å². The van der Waals surface area contributed by atoms with Gasteiger partial charge in [0, 0.05) is 12.5 Å². The van der Waals surface area contributed by atoms with Gasteiger partial charge in [0.25, 0.3) is 5.66 Å². The van der Waals surface area contributed by atoms with E-state index in [4.69, 9.17) is 5.10 Å². The van der Waals surface area contributed by atoms with Crippen molar-refractivity contribution in [1.29, 1.82) is 0 Å². The van der Waals surface area contributed by atoms with Crippen molar-refractivity contribution < 1.29 is 14.2 Å². The largest absolute Gasteiger partial charge is 0.316 e. The summed E-state index contributed by atoms with van der Waals surface area (Å²) in [5.74, 6) is -0.660. The molecule has 1 unspecified atom stereocenters. The number of quaternary nitrogens is 1. The van der Waals surface area contributed by atoms with E-state index in [1.807, 2.05) is 96.9 Å². The third kappa shape index (κ3) is 4.27. The van der Waals surface area contributed by atoms with E-state index in [9.17, 15) is 9.59 Å². The van der Waals surface area contributed by atoms with Crippen LogP contribution in [0.2, 0.25) is 0 Å². The number of hydrogen-bond donors (Lipinski definition) is 1. The zero-order valence-corrected chi connectivity index (χ0v) is 21.6. The number of amides is 2. The molecule has 2 amide bonds. The van der Waals surface area contributed by atoms with Crippen molar-refractivity contribution in [3.8, 4) is 0 Å². The Kier molecular flexibility index (Phi) is 6.95.